The van der Waals surface area contributed by atoms with E-state index in [1.807, 2.05) is 18.2 Å². The number of amides is 2. The van der Waals surface area contributed by atoms with E-state index in [0.29, 0.717) is 25.3 Å². The summed E-state index contributed by atoms with van der Waals surface area (Å²) in [5.74, 6) is -0.236. The van der Waals surface area contributed by atoms with E-state index in [9.17, 15) is 9.59 Å². The number of nitrogens with one attached hydrogen (secondary N) is 3. The molecular weight excluding hydrogens is 270 g/mol. The average Bonchev–Trinajstić information content (AvgIpc) is 2.94. The third kappa shape index (κ3) is 4.54. The molecule has 2 rings (SSSR count). The predicted molar refractivity (Wildman–Crippen MR) is 78.8 cm³/mol. The molecule has 21 heavy (non-hydrogen) atoms. The Labute approximate surface area is 124 Å². The summed E-state index contributed by atoms with van der Waals surface area (Å²) in [6.45, 7) is 2.96. The second kappa shape index (κ2) is 7.75. The van der Waals surface area contributed by atoms with Crippen LogP contribution >= 0.6 is 0 Å². The van der Waals surface area contributed by atoms with Crippen molar-refractivity contribution in [2.24, 2.45) is 0 Å². The lowest BCUT2D eigenvalue weighted by Crippen LogP contribution is -2.32. The SMILES string of the molecule is COCCNC(=O)CCNC(=O)c1ccc2c(c1)CNC2. The monoisotopic (exact) mass is 291 g/mol. The lowest BCUT2D eigenvalue weighted by molar-refractivity contribution is -0.121. The molecule has 1 aromatic rings. The van der Waals surface area contributed by atoms with Crippen molar-refractivity contribution in [2.75, 3.05) is 26.8 Å². The van der Waals surface area contributed by atoms with Crippen LogP contribution in [0.5, 0.6) is 0 Å². The molecule has 0 bridgehead atoms. The van der Waals surface area contributed by atoms with Gasteiger partial charge in [0.15, 0.2) is 0 Å². The first-order chi connectivity index (χ1) is 10.2. The van der Waals surface area contributed by atoms with Gasteiger partial charge in [-0.25, -0.2) is 0 Å². The number of rotatable bonds is 7. The zero-order valence-corrected chi connectivity index (χ0v) is 12.2. The van der Waals surface area contributed by atoms with E-state index in [0.717, 1.165) is 13.1 Å². The molecule has 1 aliphatic rings. The molecule has 0 radical (unpaired) electrons. The minimum absolute atomic E-state index is 0.0921. The smallest absolute Gasteiger partial charge is 0.251 e. The minimum atomic E-state index is -0.144. The molecule has 6 heteroatoms. The quantitative estimate of drug-likeness (QED) is 0.626. The third-order valence-electron chi connectivity index (χ3n) is 3.37. The first-order valence-electron chi connectivity index (χ1n) is 7.07. The Morgan fingerprint density at radius 1 is 1.19 bits per heavy atom. The highest BCUT2D eigenvalue weighted by atomic mass is 16.5. The Morgan fingerprint density at radius 3 is 2.81 bits per heavy atom. The van der Waals surface area contributed by atoms with Crippen LogP contribution in [0.1, 0.15) is 27.9 Å². The summed E-state index contributed by atoms with van der Waals surface area (Å²) in [6, 6.07) is 5.70. The van der Waals surface area contributed by atoms with Crippen LogP contribution in [-0.4, -0.2) is 38.6 Å². The molecule has 0 fully saturated rings. The number of benzene rings is 1. The molecular formula is C15H21N3O3. The molecule has 2 amide bonds. The number of methoxy groups -OCH3 is 1. The molecule has 0 aromatic heterocycles. The number of fused-ring (bicyclic) bond motifs is 1. The highest BCUT2D eigenvalue weighted by Gasteiger charge is 2.13. The van der Waals surface area contributed by atoms with Gasteiger partial charge in [-0.3, -0.25) is 9.59 Å². The van der Waals surface area contributed by atoms with Crippen LogP contribution in [0.4, 0.5) is 0 Å². The van der Waals surface area contributed by atoms with Gasteiger partial charge in [0, 0.05) is 45.3 Å². The van der Waals surface area contributed by atoms with Crippen molar-refractivity contribution < 1.29 is 14.3 Å². The maximum Gasteiger partial charge on any atom is 0.251 e. The number of hydrogen-bond acceptors (Lipinski definition) is 4. The highest BCUT2D eigenvalue weighted by Crippen LogP contribution is 2.16. The van der Waals surface area contributed by atoms with Crippen LogP contribution in [0.25, 0.3) is 0 Å². The second-order valence-corrected chi connectivity index (χ2v) is 4.94. The van der Waals surface area contributed by atoms with Gasteiger partial charge in [-0.1, -0.05) is 6.07 Å². The van der Waals surface area contributed by atoms with Crippen molar-refractivity contribution in [3.63, 3.8) is 0 Å². The fraction of sp³-hybridized carbons (Fsp3) is 0.467. The molecule has 3 N–H and O–H groups in total. The Balaban J connectivity index is 1.73. The first-order valence-corrected chi connectivity index (χ1v) is 7.07. The van der Waals surface area contributed by atoms with Gasteiger partial charge in [0.05, 0.1) is 6.61 Å². The van der Waals surface area contributed by atoms with E-state index in [2.05, 4.69) is 16.0 Å². The van der Waals surface area contributed by atoms with Crippen molar-refractivity contribution in [2.45, 2.75) is 19.5 Å². The Morgan fingerprint density at radius 2 is 2.00 bits per heavy atom. The summed E-state index contributed by atoms with van der Waals surface area (Å²) in [4.78, 5) is 23.5. The van der Waals surface area contributed by atoms with Gasteiger partial charge in [0.1, 0.15) is 0 Å². The molecule has 6 nitrogen and oxygen atoms in total. The van der Waals surface area contributed by atoms with E-state index < -0.39 is 0 Å². The minimum Gasteiger partial charge on any atom is -0.383 e. The van der Waals surface area contributed by atoms with Crippen molar-refractivity contribution in [1.82, 2.24) is 16.0 Å². The molecule has 0 saturated heterocycles. The summed E-state index contributed by atoms with van der Waals surface area (Å²) >= 11 is 0. The van der Waals surface area contributed by atoms with Crippen LogP contribution in [0.2, 0.25) is 0 Å². The highest BCUT2D eigenvalue weighted by molar-refractivity contribution is 5.94. The molecule has 0 atom stereocenters. The van der Waals surface area contributed by atoms with Gasteiger partial charge in [0.25, 0.3) is 5.91 Å². The van der Waals surface area contributed by atoms with Crippen LogP contribution < -0.4 is 16.0 Å². The molecule has 114 valence electrons. The number of ether oxygens (including phenoxy) is 1. The van der Waals surface area contributed by atoms with Crippen LogP contribution in [0.15, 0.2) is 18.2 Å². The fourth-order valence-electron chi connectivity index (χ4n) is 2.21. The molecule has 0 aliphatic carbocycles. The van der Waals surface area contributed by atoms with Gasteiger partial charge in [-0.2, -0.15) is 0 Å². The van der Waals surface area contributed by atoms with Crippen molar-refractivity contribution in [3.05, 3.63) is 34.9 Å². The van der Waals surface area contributed by atoms with E-state index in [4.69, 9.17) is 4.74 Å². The van der Waals surface area contributed by atoms with E-state index in [1.54, 1.807) is 7.11 Å². The molecule has 1 heterocycles. The Hall–Kier alpha value is -1.92. The van der Waals surface area contributed by atoms with Gasteiger partial charge >= 0.3 is 0 Å². The largest absolute Gasteiger partial charge is 0.383 e. The lowest BCUT2D eigenvalue weighted by atomic mass is 10.1. The maximum absolute atomic E-state index is 12.0. The standard InChI is InChI=1S/C15H21N3O3/c1-21-7-6-17-14(19)4-5-18-15(20)11-2-3-12-9-16-10-13(12)8-11/h2-3,8,16H,4-7,9-10H2,1H3,(H,17,19)(H,18,20). The van der Waals surface area contributed by atoms with Crippen molar-refractivity contribution in [3.8, 4) is 0 Å². The summed E-state index contributed by atoms with van der Waals surface area (Å²) < 4.78 is 4.84. The second-order valence-electron chi connectivity index (χ2n) is 4.94. The fourth-order valence-corrected chi connectivity index (χ4v) is 2.21. The van der Waals surface area contributed by atoms with Crippen LogP contribution in [0, 0.1) is 0 Å². The van der Waals surface area contributed by atoms with Gasteiger partial charge in [-0.15, -0.1) is 0 Å². The van der Waals surface area contributed by atoms with Crippen LogP contribution in [-0.2, 0) is 22.6 Å². The van der Waals surface area contributed by atoms with E-state index in [-0.39, 0.29) is 18.2 Å². The normalized spacial score (nSPS) is 12.8. The van der Waals surface area contributed by atoms with Crippen molar-refractivity contribution >= 4 is 11.8 Å². The number of carbonyl (C=O) groups excluding carboxylic acids is 2. The van der Waals surface area contributed by atoms with E-state index in [1.165, 1.54) is 11.1 Å². The Kier molecular flexibility index (Phi) is 5.71. The zero-order valence-electron chi connectivity index (χ0n) is 12.2. The molecule has 1 aliphatic heterocycles. The Bertz CT molecular complexity index is 517. The summed E-state index contributed by atoms with van der Waals surface area (Å²) in [7, 11) is 1.58. The number of hydrogen-bond donors (Lipinski definition) is 3. The summed E-state index contributed by atoms with van der Waals surface area (Å²) in [5.41, 5.74) is 3.04. The summed E-state index contributed by atoms with van der Waals surface area (Å²) in [6.07, 6.45) is 0.266. The van der Waals surface area contributed by atoms with Crippen molar-refractivity contribution in [1.29, 1.82) is 0 Å². The van der Waals surface area contributed by atoms with Crippen LogP contribution in [0.3, 0.4) is 0 Å². The lowest BCUT2D eigenvalue weighted by Gasteiger charge is -2.07. The first kappa shape index (κ1) is 15.5. The predicted octanol–water partition coefficient (Wildman–Crippen LogP) is 0.172. The molecule has 0 saturated carbocycles. The van der Waals surface area contributed by atoms with Gasteiger partial charge < -0.3 is 20.7 Å². The topological polar surface area (TPSA) is 79.5 Å². The van der Waals surface area contributed by atoms with Gasteiger partial charge in [-0.05, 0) is 23.3 Å². The average molecular weight is 291 g/mol. The van der Waals surface area contributed by atoms with Gasteiger partial charge in [0.2, 0.25) is 5.91 Å². The number of carbonyl (C=O) groups is 2. The molecule has 0 spiro atoms. The molecule has 1 aromatic carbocycles. The zero-order chi connectivity index (χ0) is 15.1. The van der Waals surface area contributed by atoms with E-state index >= 15 is 0 Å². The summed E-state index contributed by atoms with van der Waals surface area (Å²) in [5, 5.41) is 8.71. The maximum atomic E-state index is 12.0. The third-order valence-corrected chi connectivity index (χ3v) is 3.37. The molecule has 0 unspecified atom stereocenters.